The van der Waals surface area contributed by atoms with Gasteiger partial charge >= 0.3 is 0 Å². The number of nitrogens with one attached hydrogen (secondary N) is 1. The maximum atomic E-state index is 4.14. The van der Waals surface area contributed by atoms with Crippen molar-refractivity contribution < 1.29 is 0 Å². The molecule has 15 heavy (non-hydrogen) atoms. The molecular formula is C12H19N3. The van der Waals surface area contributed by atoms with Crippen molar-refractivity contribution in [2.75, 3.05) is 18.0 Å². The molecule has 1 aliphatic heterocycles. The maximum absolute atomic E-state index is 4.14. The van der Waals surface area contributed by atoms with Crippen LogP contribution in [0.3, 0.4) is 0 Å². The SMILES string of the molecule is Cc1cnccc1N1CC(C)NC(C)C1. The topological polar surface area (TPSA) is 28.2 Å². The van der Waals surface area contributed by atoms with Gasteiger partial charge in [-0.1, -0.05) is 0 Å². The minimum absolute atomic E-state index is 0.557. The third-order valence-corrected chi connectivity index (χ3v) is 2.89. The number of rotatable bonds is 1. The number of anilines is 1. The van der Waals surface area contributed by atoms with E-state index < -0.39 is 0 Å². The van der Waals surface area contributed by atoms with Crippen molar-refractivity contribution >= 4 is 5.69 Å². The third-order valence-electron chi connectivity index (χ3n) is 2.89. The van der Waals surface area contributed by atoms with E-state index in [1.165, 1.54) is 11.3 Å². The van der Waals surface area contributed by atoms with Gasteiger partial charge in [0.15, 0.2) is 0 Å². The fraction of sp³-hybridized carbons (Fsp3) is 0.583. The molecule has 0 saturated carbocycles. The van der Waals surface area contributed by atoms with Crippen LogP contribution in [0.15, 0.2) is 18.5 Å². The zero-order valence-electron chi connectivity index (χ0n) is 9.70. The van der Waals surface area contributed by atoms with Crippen molar-refractivity contribution in [2.45, 2.75) is 32.9 Å². The zero-order valence-corrected chi connectivity index (χ0v) is 9.70. The summed E-state index contributed by atoms with van der Waals surface area (Å²) in [4.78, 5) is 6.58. The Morgan fingerprint density at radius 2 is 2.00 bits per heavy atom. The van der Waals surface area contributed by atoms with Gasteiger partial charge in [-0.05, 0) is 32.4 Å². The molecule has 0 spiro atoms. The van der Waals surface area contributed by atoms with E-state index in [4.69, 9.17) is 0 Å². The molecule has 0 radical (unpaired) electrons. The molecule has 82 valence electrons. The Morgan fingerprint density at radius 1 is 1.33 bits per heavy atom. The lowest BCUT2D eigenvalue weighted by molar-refractivity contribution is 0.406. The Hall–Kier alpha value is -1.09. The molecule has 2 heterocycles. The van der Waals surface area contributed by atoms with Gasteiger partial charge in [-0.25, -0.2) is 0 Å². The highest BCUT2D eigenvalue weighted by atomic mass is 15.2. The first-order valence-corrected chi connectivity index (χ1v) is 5.58. The van der Waals surface area contributed by atoms with E-state index in [1.54, 1.807) is 0 Å². The Labute approximate surface area is 91.5 Å². The average molecular weight is 205 g/mol. The number of aromatic nitrogens is 1. The van der Waals surface area contributed by atoms with Crippen LogP contribution in [-0.4, -0.2) is 30.2 Å². The lowest BCUT2D eigenvalue weighted by Crippen LogP contribution is -2.54. The third kappa shape index (κ3) is 2.29. The van der Waals surface area contributed by atoms with Crippen molar-refractivity contribution in [1.82, 2.24) is 10.3 Å². The fourth-order valence-corrected chi connectivity index (χ4v) is 2.34. The quantitative estimate of drug-likeness (QED) is 0.754. The van der Waals surface area contributed by atoms with Crippen LogP contribution in [-0.2, 0) is 0 Å². The summed E-state index contributed by atoms with van der Waals surface area (Å²) < 4.78 is 0. The molecule has 2 rings (SSSR count). The van der Waals surface area contributed by atoms with Gasteiger partial charge in [-0.2, -0.15) is 0 Å². The lowest BCUT2D eigenvalue weighted by Gasteiger charge is -2.38. The van der Waals surface area contributed by atoms with Crippen LogP contribution in [0.5, 0.6) is 0 Å². The van der Waals surface area contributed by atoms with Crippen molar-refractivity contribution in [3.8, 4) is 0 Å². The van der Waals surface area contributed by atoms with E-state index in [0.29, 0.717) is 12.1 Å². The summed E-state index contributed by atoms with van der Waals surface area (Å²) in [7, 11) is 0. The van der Waals surface area contributed by atoms with Crippen molar-refractivity contribution in [3.05, 3.63) is 24.0 Å². The van der Waals surface area contributed by atoms with Gasteiger partial charge in [-0.3, -0.25) is 4.98 Å². The normalized spacial score (nSPS) is 26.7. The molecule has 1 saturated heterocycles. The van der Waals surface area contributed by atoms with Crippen molar-refractivity contribution in [2.24, 2.45) is 0 Å². The summed E-state index contributed by atoms with van der Waals surface area (Å²) in [5.74, 6) is 0. The second-order valence-electron chi connectivity index (χ2n) is 4.54. The largest absolute Gasteiger partial charge is 0.368 e. The van der Waals surface area contributed by atoms with Crippen LogP contribution < -0.4 is 10.2 Å². The molecule has 2 atom stereocenters. The molecule has 1 fully saturated rings. The summed E-state index contributed by atoms with van der Waals surface area (Å²) in [6.07, 6.45) is 3.81. The first-order valence-electron chi connectivity index (χ1n) is 5.58. The Balaban J connectivity index is 2.20. The number of aryl methyl sites for hydroxylation is 1. The zero-order chi connectivity index (χ0) is 10.8. The predicted octanol–water partition coefficient (Wildman–Crippen LogP) is 1.58. The Morgan fingerprint density at radius 3 is 2.60 bits per heavy atom. The van der Waals surface area contributed by atoms with Crippen LogP contribution >= 0.6 is 0 Å². The van der Waals surface area contributed by atoms with Gasteiger partial charge in [0, 0.05) is 43.3 Å². The molecule has 1 aromatic rings. The fourth-order valence-electron chi connectivity index (χ4n) is 2.34. The number of pyridine rings is 1. The number of nitrogens with zero attached hydrogens (tertiary/aromatic N) is 2. The minimum atomic E-state index is 0.557. The van der Waals surface area contributed by atoms with Gasteiger partial charge in [0.25, 0.3) is 0 Å². The molecule has 0 bridgehead atoms. The second kappa shape index (κ2) is 4.19. The van der Waals surface area contributed by atoms with Crippen LogP contribution in [0.25, 0.3) is 0 Å². The smallest absolute Gasteiger partial charge is 0.0427 e. The molecule has 0 aliphatic carbocycles. The summed E-state index contributed by atoms with van der Waals surface area (Å²) >= 11 is 0. The van der Waals surface area contributed by atoms with E-state index in [2.05, 4.69) is 42.0 Å². The average Bonchev–Trinajstić information content (AvgIpc) is 2.16. The van der Waals surface area contributed by atoms with Crippen molar-refractivity contribution in [3.63, 3.8) is 0 Å². The van der Waals surface area contributed by atoms with Gasteiger partial charge in [-0.15, -0.1) is 0 Å². The molecule has 1 aromatic heterocycles. The Bertz CT molecular complexity index is 327. The highest BCUT2D eigenvalue weighted by Gasteiger charge is 2.21. The van der Waals surface area contributed by atoms with E-state index in [1.807, 2.05) is 12.4 Å². The van der Waals surface area contributed by atoms with Crippen molar-refractivity contribution in [1.29, 1.82) is 0 Å². The van der Waals surface area contributed by atoms with Crippen LogP contribution in [0, 0.1) is 6.92 Å². The summed E-state index contributed by atoms with van der Waals surface area (Å²) in [6.45, 7) is 8.75. The predicted molar refractivity (Wildman–Crippen MR) is 63.2 cm³/mol. The number of hydrogen-bond donors (Lipinski definition) is 1. The maximum Gasteiger partial charge on any atom is 0.0427 e. The lowest BCUT2D eigenvalue weighted by atomic mass is 10.1. The van der Waals surface area contributed by atoms with Crippen LogP contribution in [0.4, 0.5) is 5.69 Å². The van der Waals surface area contributed by atoms with Gasteiger partial charge in [0.05, 0.1) is 0 Å². The minimum Gasteiger partial charge on any atom is -0.368 e. The van der Waals surface area contributed by atoms with E-state index in [-0.39, 0.29) is 0 Å². The summed E-state index contributed by atoms with van der Waals surface area (Å²) in [5.41, 5.74) is 2.59. The summed E-state index contributed by atoms with van der Waals surface area (Å²) in [6, 6.07) is 3.22. The first-order chi connectivity index (χ1) is 7.16. The highest BCUT2D eigenvalue weighted by Crippen LogP contribution is 2.20. The number of hydrogen-bond acceptors (Lipinski definition) is 3. The number of piperazine rings is 1. The first kappa shape index (κ1) is 10.4. The van der Waals surface area contributed by atoms with Gasteiger partial charge in [0.1, 0.15) is 0 Å². The second-order valence-corrected chi connectivity index (χ2v) is 4.54. The molecule has 1 N–H and O–H groups in total. The van der Waals surface area contributed by atoms with E-state index >= 15 is 0 Å². The molecule has 3 heteroatoms. The Kier molecular flexibility index (Phi) is 2.91. The van der Waals surface area contributed by atoms with E-state index in [0.717, 1.165) is 13.1 Å². The molecule has 3 nitrogen and oxygen atoms in total. The van der Waals surface area contributed by atoms with Gasteiger partial charge in [0.2, 0.25) is 0 Å². The molecular weight excluding hydrogens is 186 g/mol. The molecule has 1 aliphatic rings. The van der Waals surface area contributed by atoms with Crippen LogP contribution in [0.1, 0.15) is 19.4 Å². The monoisotopic (exact) mass is 205 g/mol. The van der Waals surface area contributed by atoms with E-state index in [9.17, 15) is 0 Å². The molecule has 0 amide bonds. The highest BCUT2D eigenvalue weighted by molar-refractivity contribution is 5.52. The van der Waals surface area contributed by atoms with Gasteiger partial charge < -0.3 is 10.2 Å². The standard InChI is InChI=1S/C12H19N3/c1-9-6-13-5-4-12(9)15-7-10(2)14-11(3)8-15/h4-6,10-11,14H,7-8H2,1-3H3. The summed E-state index contributed by atoms with van der Waals surface area (Å²) in [5, 5.41) is 3.54. The molecule has 0 aromatic carbocycles. The van der Waals surface area contributed by atoms with Crippen LogP contribution in [0.2, 0.25) is 0 Å². The molecule has 2 unspecified atom stereocenters.